The fourth-order valence-electron chi connectivity index (χ4n) is 2.49. The molecule has 7 heteroatoms. The number of carboxylic acids is 1. The van der Waals surface area contributed by atoms with Crippen LogP contribution in [-0.2, 0) is 10.5 Å². The number of aryl methyl sites for hydroxylation is 1. The molecule has 3 rings (SSSR count). The average molecular weight is 382 g/mol. The van der Waals surface area contributed by atoms with Crippen molar-refractivity contribution in [2.75, 3.05) is 5.32 Å². The van der Waals surface area contributed by atoms with Crippen LogP contribution >= 0.6 is 11.8 Å². The number of anilines is 1. The van der Waals surface area contributed by atoms with E-state index in [1.165, 1.54) is 11.8 Å². The lowest BCUT2D eigenvalue weighted by atomic mass is 10.1. The molecule has 6 nitrogen and oxygen atoms in total. The predicted octanol–water partition coefficient (Wildman–Crippen LogP) is 4.29. The Hall–Kier alpha value is -3.06. The SMILES string of the molecule is Cc1cc(NC(=O)[C@@H](SCc2ccc(C(=O)O)cc2)c2ccccc2)no1. The van der Waals surface area contributed by atoms with Gasteiger partial charge in [0.2, 0.25) is 5.91 Å². The Balaban J connectivity index is 1.73. The maximum Gasteiger partial charge on any atom is 0.335 e. The molecule has 0 radical (unpaired) electrons. The van der Waals surface area contributed by atoms with E-state index in [0.717, 1.165) is 11.1 Å². The molecule has 0 aliphatic carbocycles. The van der Waals surface area contributed by atoms with Gasteiger partial charge in [0.25, 0.3) is 0 Å². The van der Waals surface area contributed by atoms with Crippen LogP contribution in [0.3, 0.4) is 0 Å². The molecule has 0 bridgehead atoms. The fourth-order valence-corrected chi connectivity index (χ4v) is 3.60. The number of aromatic carboxylic acids is 1. The molecule has 0 aliphatic rings. The monoisotopic (exact) mass is 382 g/mol. The predicted molar refractivity (Wildman–Crippen MR) is 104 cm³/mol. The third-order valence-corrected chi connectivity index (χ3v) is 5.16. The molecule has 3 aromatic rings. The lowest BCUT2D eigenvalue weighted by Crippen LogP contribution is -2.19. The molecule has 2 aromatic carbocycles. The van der Waals surface area contributed by atoms with Crippen molar-refractivity contribution in [1.29, 1.82) is 0 Å². The summed E-state index contributed by atoms with van der Waals surface area (Å²) in [7, 11) is 0. The zero-order valence-corrected chi connectivity index (χ0v) is 15.4. The number of rotatable bonds is 7. The number of benzene rings is 2. The zero-order valence-electron chi connectivity index (χ0n) is 14.6. The molecule has 0 saturated heterocycles. The first-order valence-corrected chi connectivity index (χ1v) is 9.31. The van der Waals surface area contributed by atoms with Gasteiger partial charge in [0.1, 0.15) is 11.0 Å². The first-order chi connectivity index (χ1) is 13.0. The molecular weight excluding hydrogens is 364 g/mol. The van der Waals surface area contributed by atoms with Crippen LogP contribution in [0.25, 0.3) is 0 Å². The van der Waals surface area contributed by atoms with Crippen molar-refractivity contribution >= 4 is 29.5 Å². The molecule has 138 valence electrons. The van der Waals surface area contributed by atoms with Crippen molar-refractivity contribution in [3.05, 3.63) is 83.1 Å². The van der Waals surface area contributed by atoms with Crippen molar-refractivity contribution in [2.24, 2.45) is 0 Å². The van der Waals surface area contributed by atoms with Crippen LogP contribution in [0.2, 0.25) is 0 Å². The molecule has 2 N–H and O–H groups in total. The first-order valence-electron chi connectivity index (χ1n) is 8.26. The second-order valence-electron chi connectivity index (χ2n) is 5.92. The van der Waals surface area contributed by atoms with Crippen LogP contribution in [0, 0.1) is 6.92 Å². The molecule has 0 spiro atoms. The number of carbonyl (C=O) groups excluding carboxylic acids is 1. The summed E-state index contributed by atoms with van der Waals surface area (Å²) in [5.74, 6) is 0.406. The molecule has 27 heavy (non-hydrogen) atoms. The minimum absolute atomic E-state index is 0.193. The van der Waals surface area contributed by atoms with Gasteiger partial charge in [0, 0.05) is 11.8 Å². The number of carbonyl (C=O) groups is 2. The van der Waals surface area contributed by atoms with E-state index in [1.807, 2.05) is 30.3 Å². The number of nitrogens with zero attached hydrogens (tertiary/aromatic N) is 1. The molecule has 0 fully saturated rings. The van der Waals surface area contributed by atoms with Gasteiger partial charge >= 0.3 is 5.97 Å². The lowest BCUT2D eigenvalue weighted by molar-refractivity contribution is -0.115. The molecule has 1 heterocycles. The number of nitrogens with one attached hydrogen (secondary N) is 1. The quantitative estimate of drug-likeness (QED) is 0.633. The van der Waals surface area contributed by atoms with Crippen molar-refractivity contribution in [1.82, 2.24) is 5.16 Å². The maximum absolute atomic E-state index is 12.8. The normalized spacial score (nSPS) is 11.7. The lowest BCUT2D eigenvalue weighted by Gasteiger charge is -2.16. The highest BCUT2D eigenvalue weighted by molar-refractivity contribution is 7.99. The summed E-state index contributed by atoms with van der Waals surface area (Å²) in [6.07, 6.45) is 0. The Morgan fingerprint density at radius 3 is 2.44 bits per heavy atom. The summed E-state index contributed by atoms with van der Waals surface area (Å²) in [6, 6.07) is 17.8. The van der Waals surface area contributed by atoms with E-state index in [9.17, 15) is 9.59 Å². The van der Waals surface area contributed by atoms with Crippen LogP contribution in [0.15, 0.2) is 65.2 Å². The van der Waals surface area contributed by atoms with E-state index >= 15 is 0 Å². The topological polar surface area (TPSA) is 92.4 Å². The number of amides is 1. The second kappa shape index (κ2) is 8.55. The summed E-state index contributed by atoms with van der Waals surface area (Å²) in [5.41, 5.74) is 2.06. The molecule has 1 atom stereocenters. The van der Waals surface area contributed by atoms with Gasteiger partial charge in [-0.25, -0.2) is 4.79 Å². The highest BCUT2D eigenvalue weighted by Gasteiger charge is 2.22. The van der Waals surface area contributed by atoms with Gasteiger partial charge in [-0.1, -0.05) is 47.6 Å². The Kier molecular flexibility index (Phi) is 5.93. The first kappa shape index (κ1) is 18.7. The molecule has 1 aromatic heterocycles. The summed E-state index contributed by atoms with van der Waals surface area (Å²) in [4.78, 5) is 23.8. The largest absolute Gasteiger partial charge is 0.478 e. The summed E-state index contributed by atoms with van der Waals surface area (Å²) < 4.78 is 4.99. The number of hydrogen-bond acceptors (Lipinski definition) is 5. The van der Waals surface area contributed by atoms with Gasteiger partial charge in [-0.2, -0.15) is 0 Å². The van der Waals surface area contributed by atoms with E-state index in [4.69, 9.17) is 9.63 Å². The number of hydrogen-bond donors (Lipinski definition) is 2. The smallest absolute Gasteiger partial charge is 0.335 e. The highest BCUT2D eigenvalue weighted by atomic mass is 32.2. The van der Waals surface area contributed by atoms with E-state index in [2.05, 4.69) is 10.5 Å². The van der Waals surface area contributed by atoms with Gasteiger partial charge in [0.05, 0.1) is 5.56 Å². The van der Waals surface area contributed by atoms with E-state index in [0.29, 0.717) is 17.3 Å². The molecule has 0 saturated carbocycles. The van der Waals surface area contributed by atoms with Crippen molar-refractivity contribution < 1.29 is 19.2 Å². The van der Waals surface area contributed by atoms with E-state index < -0.39 is 11.2 Å². The third kappa shape index (κ3) is 4.98. The van der Waals surface area contributed by atoms with Gasteiger partial charge in [-0.05, 0) is 30.2 Å². The van der Waals surface area contributed by atoms with Crippen LogP contribution < -0.4 is 5.32 Å². The number of aromatic nitrogens is 1. The van der Waals surface area contributed by atoms with Crippen molar-refractivity contribution in [2.45, 2.75) is 17.9 Å². The van der Waals surface area contributed by atoms with Crippen LogP contribution in [-0.4, -0.2) is 22.1 Å². The summed E-state index contributed by atoms with van der Waals surface area (Å²) in [5, 5.41) is 15.1. The van der Waals surface area contributed by atoms with Crippen molar-refractivity contribution in [3.63, 3.8) is 0 Å². The minimum atomic E-state index is -0.960. The second-order valence-corrected chi connectivity index (χ2v) is 7.01. The Labute approximate surface area is 160 Å². The number of thioether (sulfide) groups is 1. The third-order valence-electron chi connectivity index (χ3n) is 3.84. The summed E-state index contributed by atoms with van der Waals surface area (Å²) in [6.45, 7) is 1.76. The average Bonchev–Trinajstić information content (AvgIpc) is 3.08. The summed E-state index contributed by atoms with van der Waals surface area (Å²) >= 11 is 1.46. The van der Waals surface area contributed by atoms with Crippen LogP contribution in [0.5, 0.6) is 0 Å². The molecule has 0 unspecified atom stereocenters. The van der Waals surface area contributed by atoms with Crippen LogP contribution in [0.4, 0.5) is 5.82 Å². The van der Waals surface area contributed by atoms with E-state index in [-0.39, 0.29) is 11.5 Å². The molecular formula is C20H18N2O4S. The maximum atomic E-state index is 12.8. The minimum Gasteiger partial charge on any atom is -0.478 e. The van der Waals surface area contributed by atoms with Gasteiger partial charge in [0.15, 0.2) is 5.82 Å². The standard InChI is InChI=1S/C20H18N2O4S/c1-13-11-17(22-26-13)21-19(23)18(15-5-3-2-4-6-15)27-12-14-7-9-16(10-8-14)20(24)25/h2-11,18H,12H2,1H3,(H,24,25)(H,21,22,23)/t18-/m0/s1. The van der Waals surface area contributed by atoms with E-state index in [1.54, 1.807) is 37.3 Å². The number of carboxylic acid groups (broad SMARTS) is 1. The molecule has 0 aliphatic heterocycles. The van der Waals surface area contributed by atoms with Crippen LogP contribution in [0.1, 0.15) is 32.5 Å². The fraction of sp³-hybridized carbons (Fsp3) is 0.150. The van der Waals surface area contributed by atoms with Gasteiger partial charge in [-0.3, -0.25) is 4.79 Å². The van der Waals surface area contributed by atoms with Gasteiger partial charge < -0.3 is 14.9 Å². The highest BCUT2D eigenvalue weighted by Crippen LogP contribution is 2.33. The van der Waals surface area contributed by atoms with Crippen molar-refractivity contribution in [3.8, 4) is 0 Å². The Morgan fingerprint density at radius 2 is 1.85 bits per heavy atom. The zero-order chi connectivity index (χ0) is 19.2. The van der Waals surface area contributed by atoms with Gasteiger partial charge in [-0.15, -0.1) is 11.8 Å². The Morgan fingerprint density at radius 1 is 1.15 bits per heavy atom. The Bertz CT molecular complexity index is 923. The molecule has 1 amide bonds.